The lowest BCUT2D eigenvalue weighted by Gasteiger charge is -2.09. The fraction of sp³-hybridized carbons (Fsp3) is 0.100. The van der Waals surface area contributed by atoms with Gasteiger partial charge in [-0.05, 0) is 12.1 Å². The van der Waals surface area contributed by atoms with E-state index in [0.29, 0.717) is 0 Å². The molecule has 0 saturated carbocycles. The smallest absolute Gasteiger partial charge is 0.316 e. The Labute approximate surface area is 86.2 Å². The van der Waals surface area contributed by atoms with Crippen LogP contribution in [0.4, 0.5) is 14.9 Å². The Hall–Kier alpha value is -2.22. The molecule has 0 fully saturated rings. The lowest BCUT2D eigenvalue weighted by atomic mass is 10.3. The predicted octanol–water partition coefficient (Wildman–Crippen LogP) is 1.33. The molecule has 0 atom stereocenters. The van der Waals surface area contributed by atoms with Gasteiger partial charge in [0.15, 0.2) is 0 Å². The molecule has 1 rings (SSSR count). The summed E-state index contributed by atoms with van der Waals surface area (Å²) in [5, 5.41) is 2.23. The first-order chi connectivity index (χ1) is 7.13. The van der Waals surface area contributed by atoms with Crippen molar-refractivity contribution in [2.24, 2.45) is 5.73 Å². The molecular weight excluding hydrogens is 199 g/mol. The predicted molar refractivity (Wildman–Crippen MR) is 53.9 cm³/mol. The maximum Gasteiger partial charge on any atom is 0.316 e. The number of carbonyl (C=O) groups excluding carboxylic acids is 1. The summed E-state index contributed by atoms with van der Waals surface area (Å²) in [6.07, 6.45) is 5.00. The molecule has 78 valence electrons. The second kappa shape index (κ2) is 4.86. The Morgan fingerprint density at radius 3 is 3.00 bits per heavy atom. The van der Waals surface area contributed by atoms with Crippen LogP contribution in [0.2, 0.25) is 0 Å². The van der Waals surface area contributed by atoms with Gasteiger partial charge in [0.2, 0.25) is 0 Å². The highest BCUT2D eigenvalue weighted by Gasteiger charge is 2.06. The highest BCUT2D eigenvalue weighted by Crippen LogP contribution is 2.24. The van der Waals surface area contributed by atoms with Crippen molar-refractivity contribution in [3.05, 3.63) is 24.0 Å². The average molecular weight is 208 g/mol. The molecule has 0 aromatic heterocycles. The third kappa shape index (κ3) is 3.19. The van der Waals surface area contributed by atoms with Gasteiger partial charge in [0.1, 0.15) is 18.2 Å². The molecule has 15 heavy (non-hydrogen) atoms. The number of carbonyl (C=O) groups is 1. The number of rotatable bonds is 3. The number of nitrogens with two attached hydrogens (primary N) is 1. The van der Waals surface area contributed by atoms with Crippen LogP contribution in [0.25, 0.3) is 0 Å². The normalized spacial score (nSPS) is 9.07. The van der Waals surface area contributed by atoms with Gasteiger partial charge in [-0.1, -0.05) is 5.92 Å². The second-order valence-electron chi connectivity index (χ2n) is 2.62. The van der Waals surface area contributed by atoms with E-state index in [1.807, 2.05) is 0 Å². The van der Waals surface area contributed by atoms with Crippen LogP contribution in [0.5, 0.6) is 5.75 Å². The highest BCUT2D eigenvalue weighted by molar-refractivity contribution is 5.89. The summed E-state index contributed by atoms with van der Waals surface area (Å²) >= 11 is 0. The van der Waals surface area contributed by atoms with Gasteiger partial charge in [-0.15, -0.1) is 6.42 Å². The molecule has 0 spiro atoms. The van der Waals surface area contributed by atoms with Crippen molar-refractivity contribution in [2.75, 3.05) is 11.9 Å². The van der Waals surface area contributed by atoms with E-state index >= 15 is 0 Å². The van der Waals surface area contributed by atoms with E-state index in [4.69, 9.17) is 16.9 Å². The minimum Gasteiger partial charge on any atom is -0.479 e. The van der Waals surface area contributed by atoms with Crippen LogP contribution in [-0.4, -0.2) is 12.6 Å². The first kappa shape index (κ1) is 10.9. The maximum absolute atomic E-state index is 12.8. The summed E-state index contributed by atoms with van der Waals surface area (Å²) < 4.78 is 17.9. The van der Waals surface area contributed by atoms with E-state index < -0.39 is 11.8 Å². The number of nitrogens with one attached hydrogen (secondary N) is 1. The van der Waals surface area contributed by atoms with Gasteiger partial charge in [0, 0.05) is 6.07 Å². The molecule has 1 aromatic carbocycles. The van der Waals surface area contributed by atoms with Crippen molar-refractivity contribution in [1.82, 2.24) is 0 Å². The number of terminal acetylenes is 1. The topological polar surface area (TPSA) is 64.3 Å². The van der Waals surface area contributed by atoms with E-state index in [0.717, 1.165) is 6.07 Å². The molecule has 0 bridgehead atoms. The maximum atomic E-state index is 12.8. The molecule has 0 saturated heterocycles. The SMILES string of the molecule is C#CCOc1ccc(F)cc1NC(N)=O. The molecule has 0 aliphatic rings. The van der Waals surface area contributed by atoms with E-state index in [1.165, 1.54) is 12.1 Å². The molecule has 0 heterocycles. The molecule has 0 radical (unpaired) electrons. The van der Waals surface area contributed by atoms with Crippen molar-refractivity contribution in [3.8, 4) is 18.1 Å². The first-order valence-electron chi connectivity index (χ1n) is 4.05. The Kier molecular flexibility index (Phi) is 3.52. The third-order valence-electron chi connectivity index (χ3n) is 1.51. The number of amides is 2. The van der Waals surface area contributed by atoms with Crippen LogP contribution in [-0.2, 0) is 0 Å². The minimum absolute atomic E-state index is 0.0269. The summed E-state index contributed by atoms with van der Waals surface area (Å²) in [4.78, 5) is 10.6. The van der Waals surface area contributed by atoms with Gasteiger partial charge in [-0.3, -0.25) is 0 Å². The molecule has 2 amide bonds. The van der Waals surface area contributed by atoms with Gasteiger partial charge in [0.05, 0.1) is 5.69 Å². The number of hydrogen-bond acceptors (Lipinski definition) is 2. The summed E-state index contributed by atoms with van der Waals surface area (Å²) in [6.45, 7) is 0.0269. The van der Waals surface area contributed by atoms with E-state index in [1.54, 1.807) is 0 Å². The van der Waals surface area contributed by atoms with Crippen molar-refractivity contribution in [3.63, 3.8) is 0 Å². The first-order valence-corrected chi connectivity index (χ1v) is 4.05. The fourth-order valence-corrected chi connectivity index (χ4v) is 0.978. The number of benzene rings is 1. The van der Waals surface area contributed by atoms with E-state index in [2.05, 4.69) is 11.2 Å². The summed E-state index contributed by atoms with van der Waals surface area (Å²) in [6, 6.07) is 2.85. The Bertz CT molecular complexity index is 412. The van der Waals surface area contributed by atoms with Gasteiger partial charge in [-0.2, -0.15) is 0 Å². The molecule has 4 nitrogen and oxygen atoms in total. The number of hydrogen-bond donors (Lipinski definition) is 2. The minimum atomic E-state index is -0.800. The van der Waals surface area contributed by atoms with Crippen LogP contribution in [0.3, 0.4) is 0 Å². The number of ether oxygens (including phenoxy) is 1. The van der Waals surface area contributed by atoms with Gasteiger partial charge in [0.25, 0.3) is 0 Å². The van der Waals surface area contributed by atoms with Gasteiger partial charge in [-0.25, -0.2) is 9.18 Å². The Morgan fingerprint density at radius 1 is 1.67 bits per heavy atom. The lowest BCUT2D eigenvalue weighted by molar-refractivity contribution is 0.259. The fourth-order valence-electron chi connectivity index (χ4n) is 0.978. The number of anilines is 1. The van der Waals surface area contributed by atoms with Crippen LogP contribution in [0, 0.1) is 18.2 Å². The van der Waals surface area contributed by atoms with Gasteiger partial charge >= 0.3 is 6.03 Å². The zero-order valence-electron chi connectivity index (χ0n) is 7.79. The summed E-state index contributed by atoms with van der Waals surface area (Å²) in [7, 11) is 0. The molecule has 5 heteroatoms. The molecule has 3 N–H and O–H groups in total. The summed E-state index contributed by atoms with van der Waals surface area (Å²) in [5.41, 5.74) is 5.05. The molecule has 0 unspecified atom stereocenters. The average Bonchev–Trinajstić information content (AvgIpc) is 2.16. The second-order valence-corrected chi connectivity index (χ2v) is 2.62. The Morgan fingerprint density at radius 2 is 2.40 bits per heavy atom. The van der Waals surface area contributed by atoms with E-state index in [-0.39, 0.29) is 18.0 Å². The third-order valence-corrected chi connectivity index (χ3v) is 1.51. The molecule has 1 aromatic rings. The van der Waals surface area contributed by atoms with E-state index in [9.17, 15) is 9.18 Å². The number of primary amides is 1. The van der Waals surface area contributed by atoms with Crippen molar-refractivity contribution in [2.45, 2.75) is 0 Å². The zero-order valence-corrected chi connectivity index (χ0v) is 7.79. The van der Waals surface area contributed by atoms with Crippen molar-refractivity contribution in [1.29, 1.82) is 0 Å². The highest BCUT2D eigenvalue weighted by atomic mass is 19.1. The largest absolute Gasteiger partial charge is 0.479 e. The molecular formula is C10H9FN2O2. The zero-order chi connectivity index (χ0) is 11.3. The van der Waals surface area contributed by atoms with Gasteiger partial charge < -0.3 is 15.8 Å². The summed E-state index contributed by atoms with van der Waals surface area (Å²) in [5.74, 6) is 2.02. The Balaban J connectivity index is 2.93. The molecule has 0 aliphatic carbocycles. The van der Waals surface area contributed by atoms with Crippen molar-refractivity contribution < 1.29 is 13.9 Å². The quantitative estimate of drug-likeness (QED) is 0.736. The monoisotopic (exact) mass is 208 g/mol. The van der Waals surface area contributed by atoms with Crippen LogP contribution < -0.4 is 15.8 Å². The lowest BCUT2D eigenvalue weighted by Crippen LogP contribution is -2.20. The molecule has 0 aliphatic heterocycles. The number of urea groups is 1. The standard InChI is InChI=1S/C10H9FN2O2/c1-2-5-15-9-4-3-7(11)6-8(9)13-10(12)14/h1,3-4,6H,5H2,(H3,12,13,14). The van der Waals surface area contributed by atoms with Crippen LogP contribution in [0.15, 0.2) is 18.2 Å². The number of halogens is 1. The van der Waals surface area contributed by atoms with Crippen LogP contribution >= 0.6 is 0 Å². The van der Waals surface area contributed by atoms with Crippen LogP contribution in [0.1, 0.15) is 0 Å². The van der Waals surface area contributed by atoms with Crippen molar-refractivity contribution >= 4 is 11.7 Å².